The van der Waals surface area contributed by atoms with E-state index in [1.165, 1.54) is 0 Å². The van der Waals surface area contributed by atoms with Gasteiger partial charge in [0.15, 0.2) is 0 Å². The second kappa shape index (κ2) is 7.70. The van der Waals surface area contributed by atoms with Gasteiger partial charge in [0.2, 0.25) is 0 Å². The Morgan fingerprint density at radius 1 is 1.03 bits per heavy atom. The van der Waals surface area contributed by atoms with E-state index in [-0.39, 0.29) is 11.7 Å². The molecule has 0 aromatic heterocycles. The fourth-order valence-electron chi connectivity index (χ4n) is 4.64. The van der Waals surface area contributed by atoms with Crippen LogP contribution in [0.5, 0.6) is 0 Å². The minimum Gasteiger partial charge on any atom is -0.509 e. The first kappa shape index (κ1) is 20.3. The number of hydrogen-bond acceptors (Lipinski definition) is 2. The van der Waals surface area contributed by atoms with Crippen molar-refractivity contribution in [3.8, 4) is 11.1 Å². The highest BCUT2D eigenvalue weighted by atomic mass is 35.5. The molecule has 1 amide bonds. The zero-order valence-corrected chi connectivity index (χ0v) is 18.1. The monoisotopic (exact) mass is 429 g/mol. The van der Waals surface area contributed by atoms with Crippen LogP contribution in [-0.4, -0.2) is 16.6 Å². The molecule has 1 aliphatic heterocycles. The molecule has 2 N–H and O–H groups in total. The van der Waals surface area contributed by atoms with Gasteiger partial charge in [0.25, 0.3) is 5.91 Å². The van der Waals surface area contributed by atoms with Crippen molar-refractivity contribution in [1.29, 1.82) is 0 Å². The lowest BCUT2D eigenvalue weighted by atomic mass is 9.72. The summed E-state index contributed by atoms with van der Waals surface area (Å²) in [5.41, 5.74) is 2.10. The third kappa shape index (κ3) is 3.67. The minimum absolute atomic E-state index is 0.139. The molecule has 1 fully saturated rings. The maximum atomic E-state index is 12.9. The summed E-state index contributed by atoms with van der Waals surface area (Å²) in [7, 11) is 0. The molecule has 5 heteroatoms. The third-order valence-electron chi connectivity index (χ3n) is 6.51. The zero-order valence-electron chi connectivity index (χ0n) is 16.6. The van der Waals surface area contributed by atoms with E-state index in [0.717, 1.165) is 36.8 Å². The first-order valence-corrected chi connectivity index (χ1v) is 10.9. The number of rotatable bonds is 3. The number of carbonyl (C=O) groups excluding carboxylic acids is 1. The number of nitrogens with one attached hydrogen (secondary N) is 1. The summed E-state index contributed by atoms with van der Waals surface area (Å²) < 4.78 is 0. The van der Waals surface area contributed by atoms with Crippen LogP contribution >= 0.6 is 23.2 Å². The van der Waals surface area contributed by atoms with Crippen LogP contribution < -0.4 is 5.32 Å². The summed E-state index contributed by atoms with van der Waals surface area (Å²) in [6.45, 7) is 4.47. The Labute approximate surface area is 181 Å². The number of halogens is 2. The van der Waals surface area contributed by atoms with E-state index in [1.54, 1.807) is 6.07 Å². The molecule has 2 aliphatic rings. The average molecular weight is 430 g/mol. The van der Waals surface area contributed by atoms with Gasteiger partial charge in [-0.25, -0.2) is 0 Å². The molecule has 1 heterocycles. The van der Waals surface area contributed by atoms with Crippen molar-refractivity contribution < 1.29 is 9.90 Å². The van der Waals surface area contributed by atoms with Gasteiger partial charge in [0, 0.05) is 15.6 Å². The normalized spacial score (nSPS) is 24.4. The van der Waals surface area contributed by atoms with Gasteiger partial charge in [-0.3, -0.25) is 4.79 Å². The van der Waals surface area contributed by atoms with Crippen LogP contribution in [0.25, 0.3) is 16.7 Å². The SMILES string of the molecule is CC(C)[C@H]1CC[C@@]2(CC1)NC(=O)C(c1cc(-c3ccc(Cl)cc3)ccc1Cl)=C2O. The summed E-state index contributed by atoms with van der Waals surface area (Å²) in [5, 5.41) is 15.4. The van der Waals surface area contributed by atoms with Gasteiger partial charge in [-0.2, -0.15) is 0 Å². The van der Waals surface area contributed by atoms with E-state index in [2.05, 4.69) is 19.2 Å². The van der Waals surface area contributed by atoms with Crippen molar-refractivity contribution in [3.63, 3.8) is 0 Å². The first-order valence-electron chi connectivity index (χ1n) is 10.1. The Kier molecular flexibility index (Phi) is 5.39. The molecule has 0 bridgehead atoms. The zero-order chi connectivity index (χ0) is 20.8. The number of carbonyl (C=O) groups is 1. The van der Waals surface area contributed by atoms with Crippen LogP contribution in [0.2, 0.25) is 10.0 Å². The van der Waals surface area contributed by atoms with Crippen LogP contribution in [0.4, 0.5) is 0 Å². The van der Waals surface area contributed by atoms with Crippen LogP contribution in [0.1, 0.15) is 45.1 Å². The molecule has 0 unspecified atom stereocenters. The highest BCUT2D eigenvalue weighted by molar-refractivity contribution is 6.36. The molecule has 1 aliphatic carbocycles. The Balaban J connectivity index is 1.72. The van der Waals surface area contributed by atoms with Crippen LogP contribution in [0.3, 0.4) is 0 Å². The summed E-state index contributed by atoms with van der Waals surface area (Å²) in [5.74, 6) is 1.13. The fraction of sp³-hybridized carbons (Fsp3) is 0.375. The Morgan fingerprint density at radius 3 is 2.28 bits per heavy atom. The predicted molar refractivity (Wildman–Crippen MR) is 119 cm³/mol. The first-order chi connectivity index (χ1) is 13.8. The lowest BCUT2D eigenvalue weighted by molar-refractivity contribution is -0.116. The Hall–Kier alpha value is -1.97. The lowest BCUT2D eigenvalue weighted by Crippen LogP contribution is -2.47. The van der Waals surface area contributed by atoms with Crippen molar-refractivity contribution in [2.75, 3.05) is 0 Å². The largest absolute Gasteiger partial charge is 0.509 e. The predicted octanol–water partition coefficient (Wildman–Crippen LogP) is 6.64. The number of amides is 1. The number of hydrogen-bond donors (Lipinski definition) is 2. The highest BCUT2D eigenvalue weighted by Gasteiger charge is 2.48. The quantitative estimate of drug-likeness (QED) is 0.573. The van der Waals surface area contributed by atoms with Gasteiger partial charge in [-0.1, -0.05) is 55.2 Å². The molecule has 0 radical (unpaired) electrons. The number of benzene rings is 2. The summed E-state index contributed by atoms with van der Waals surface area (Å²) in [4.78, 5) is 12.9. The van der Waals surface area contributed by atoms with Crippen molar-refractivity contribution in [2.45, 2.75) is 45.1 Å². The van der Waals surface area contributed by atoms with Crippen molar-refractivity contribution in [3.05, 3.63) is 63.8 Å². The van der Waals surface area contributed by atoms with Crippen LogP contribution in [0, 0.1) is 11.8 Å². The van der Waals surface area contributed by atoms with Crippen LogP contribution in [0.15, 0.2) is 48.2 Å². The lowest BCUT2D eigenvalue weighted by Gasteiger charge is -2.38. The molecule has 1 saturated carbocycles. The molecule has 2 aromatic rings. The maximum Gasteiger partial charge on any atom is 0.256 e. The van der Waals surface area contributed by atoms with Crippen molar-refractivity contribution in [2.24, 2.45) is 11.8 Å². The standard InChI is InChI=1S/C24H25Cl2NO2/c1-14(2)15-9-11-24(12-10-15)22(28)21(23(29)27-24)19-13-17(5-8-20(19)26)16-3-6-18(25)7-4-16/h3-8,13-15,28H,9-12H2,1-2H3,(H,27,29)/t15-,24-. The third-order valence-corrected chi connectivity index (χ3v) is 7.09. The Bertz CT molecular complexity index is 971. The van der Waals surface area contributed by atoms with E-state index in [0.29, 0.717) is 33.0 Å². The van der Waals surface area contributed by atoms with Crippen LogP contribution in [-0.2, 0) is 4.79 Å². The van der Waals surface area contributed by atoms with Gasteiger partial charge < -0.3 is 10.4 Å². The maximum absolute atomic E-state index is 12.9. The van der Waals surface area contributed by atoms with E-state index in [9.17, 15) is 9.90 Å². The molecule has 29 heavy (non-hydrogen) atoms. The molecular formula is C24H25Cl2NO2. The van der Waals surface area contributed by atoms with E-state index in [1.807, 2.05) is 36.4 Å². The smallest absolute Gasteiger partial charge is 0.256 e. The van der Waals surface area contributed by atoms with E-state index < -0.39 is 5.54 Å². The molecule has 3 nitrogen and oxygen atoms in total. The second-order valence-corrected chi connectivity index (χ2v) is 9.39. The molecule has 152 valence electrons. The van der Waals surface area contributed by atoms with Gasteiger partial charge in [-0.15, -0.1) is 0 Å². The van der Waals surface area contributed by atoms with E-state index in [4.69, 9.17) is 23.2 Å². The highest BCUT2D eigenvalue weighted by Crippen LogP contribution is 2.45. The second-order valence-electron chi connectivity index (χ2n) is 8.54. The molecule has 2 aromatic carbocycles. The topological polar surface area (TPSA) is 49.3 Å². The van der Waals surface area contributed by atoms with Crippen molar-refractivity contribution in [1.82, 2.24) is 5.32 Å². The summed E-state index contributed by atoms with van der Waals surface area (Å²) in [6, 6.07) is 13.0. The molecule has 0 saturated heterocycles. The van der Waals surface area contributed by atoms with Gasteiger partial charge in [-0.05, 0) is 72.9 Å². The van der Waals surface area contributed by atoms with Gasteiger partial charge in [0.1, 0.15) is 5.76 Å². The molecule has 0 atom stereocenters. The minimum atomic E-state index is -0.655. The van der Waals surface area contributed by atoms with Crippen molar-refractivity contribution >= 4 is 34.7 Å². The molecule has 4 rings (SSSR count). The van der Waals surface area contributed by atoms with Gasteiger partial charge in [0.05, 0.1) is 11.1 Å². The Morgan fingerprint density at radius 2 is 1.66 bits per heavy atom. The average Bonchev–Trinajstić information content (AvgIpc) is 2.93. The summed E-state index contributed by atoms with van der Waals surface area (Å²) >= 11 is 12.5. The van der Waals surface area contributed by atoms with Gasteiger partial charge >= 0.3 is 0 Å². The molecule has 1 spiro atoms. The fourth-order valence-corrected chi connectivity index (χ4v) is 4.97. The van der Waals surface area contributed by atoms with E-state index >= 15 is 0 Å². The molecular weight excluding hydrogens is 405 g/mol. The number of aliphatic hydroxyl groups is 1. The number of aliphatic hydroxyl groups excluding tert-OH is 1. The summed E-state index contributed by atoms with van der Waals surface area (Å²) in [6.07, 6.45) is 3.50.